The van der Waals surface area contributed by atoms with Gasteiger partial charge in [0, 0.05) is 25.1 Å². The van der Waals surface area contributed by atoms with Crippen LogP contribution in [-0.2, 0) is 0 Å². The Morgan fingerprint density at radius 3 is 2.89 bits per heavy atom. The number of aromatic nitrogens is 2. The van der Waals surface area contributed by atoms with Gasteiger partial charge in [-0.15, -0.1) is 0 Å². The number of anilines is 1. The highest BCUT2D eigenvalue weighted by Crippen LogP contribution is 2.38. The molecular formula is C14H21BrN4. The van der Waals surface area contributed by atoms with Crippen LogP contribution in [0.15, 0.2) is 10.7 Å². The van der Waals surface area contributed by atoms with Crippen LogP contribution in [0.4, 0.5) is 5.82 Å². The van der Waals surface area contributed by atoms with Crippen LogP contribution in [0.25, 0.3) is 0 Å². The summed E-state index contributed by atoms with van der Waals surface area (Å²) in [5.41, 5.74) is 0. The van der Waals surface area contributed by atoms with Crippen LogP contribution in [-0.4, -0.2) is 41.0 Å². The molecule has 4 nitrogen and oxygen atoms in total. The summed E-state index contributed by atoms with van der Waals surface area (Å²) >= 11 is 3.48. The van der Waals surface area contributed by atoms with Gasteiger partial charge in [-0.2, -0.15) is 0 Å². The lowest BCUT2D eigenvalue weighted by atomic mass is 10.1. The third-order valence-corrected chi connectivity index (χ3v) is 4.45. The number of nitrogens with one attached hydrogen (secondary N) is 1. The lowest BCUT2D eigenvalue weighted by Crippen LogP contribution is -2.22. The molecule has 0 bridgehead atoms. The molecule has 1 aromatic rings. The first kappa shape index (κ1) is 13.3. The number of rotatable bonds is 5. The van der Waals surface area contributed by atoms with Crippen LogP contribution in [0.2, 0.25) is 0 Å². The average Bonchev–Trinajstić information content (AvgIpc) is 3.15. The second-order valence-corrected chi connectivity index (χ2v) is 6.45. The molecular weight excluding hydrogens is 304 g/mol. The minimum absolute atomic E-state index is 0.597. The van der Waals surface area contributed by atoms with Gasteiger partial charge in [0.05, 0.1) is 0 Å². The maximum absolute atomic E-state index is 4.63. The van der Waals surface area contributed by atoms with E-state index in [1.807, 2.05) is 6.07 Å². The lowest BCUT2D eigenvalue weighted by molar-refractivity contribution is 0.345. The molecule has 0 radical (unpaired) electrons. The van der Waals surface area contributed by atoms with E-state index in [9.17, 15) is 0 Å². The highest BCUT2D eigenvalue weighted by molar-refractivity contribution is 9.10. The van der Waals surface area contributed by atoms with E-state index < -0.39 is 0 Å². The SMILES string of the molecule is CCN1CCC(CNc2cc(Br)nc(C3CC3)n2)C1. The van der Waals surface area contributed by atoms with Crippen LogP contribution in [0.1, 0.15) is 37.9 Å². The second kappa shape index (κ2) is 5.75. The fraction of sp³-hybridized carbons (Fsp3) is 0.714. The average molecular weight is 325 g/mol. The summed E-state index contributed by atoms with van der Waals surface area (Å²) in [6.45, 7) is 6.87. The Kier molecular flexibility index (Phi) is 4.03. The molecule has 0 aromatic carbocycles. The molecule has 2 aliphatic rings. The second-order valence-electron chi connectivity index (χ2n) is 5.64. The van der Waals surface area contributed by atoms with Crippen molar-refractivity contribution < 1.29 is 0 Å². The Bertz CT molecular complexity index is 447. The van der Waals surface area contributed by atoms with Crippen LogP contribution in [0.3, 0.4) is 0 Å². The molecule has 1 N–H and O–H groups in total. The molecule has 1 atom stereocenters. The van der Waals surface area contributed by atoms with Crippen molar-refractivity contribution in [1.29, 1.82) is 0 Å². The molecule has 1 aliphatic heterocycles. The van der Waals surface area contributed by atoms with Gasteiger partial charge in [0.15, 0.2) is 0 Å². The molecule has 3 rings (SSSR count). The van der Waals surface area contributed by atoms with Crippen LogP contribution in [0, 0.1) is 5.92 Å². The maximum Gasteiger partial charge on any atom is 0.135 e. The van der Waals surface area contributed by atoms with Crippen molar-refractivity contribution in [3.8, 4) is 0 Å². The molecule has 0 amide bonds. The molecule has 2 heterocycles. The van der Waals surface area contributed by atoms with Crippen molar-refractivity contribution in [2.75, 3.05) is 31.5 Å². The molecule has 1 unspecified atom stereocenters. The number of hydrogen-bond acceptors (Lipinski definition) is 4. The van der Waals surface area contributed by atoms with Gasteiger partial charge in [0.1, 0.15) is 16.2 Å². The Balaban J connectivity index is 1.57. The van der Waals surface area contributed by atoms with E-state index in [2.05, 4.69) is 43.0 Å². The van der Waals surface area contributed by atoms with Crippen molar-refractivity contribution in [3.63, 3.8) is 0 Å². The normalized spacial score (nSPS) is 23.8. The molecule has 2 fully saturated rings. The van der Waals surface area contributed by atoms with Gasteiger partial charge in [-0.05, 0) is 54.2 Å². The number of halogens is 1. The van der Waals surface area contributed by atoms with Gasteiger partial charge >= 0.3 is 0 Å². The Morgan fingerprint density at radius 1 is 1.37 bits per heavy atom. The Morgan fingerprint density at radius 2 is 2.21 bits per heavy atom. The zero-order valence-corrected chi connectivity index (χ0v) is 13.0. The fourth-order valence-corrected chi connectivity index (χ4v) is 3.06. The van der Waals surface area contributed by atoms with Crippen molar-refractivity contribution in [1.82, 2.24) is 14.9 Å². The summed E-state index contributed by atoms with van der Waals surface area (Å²) in [7, 11) is 0. The predicted molar refractivity (Wildman–Crippen MR) is 80.4 cm³/mol. The van der Waals surface area contributed by atoms with Crippen molar-refractivity contribution in [2.24, 2.45) is 5.92 Å². The Hall–Kier alpha value is -0.680. The summed E-state index contributed by atoms with van der Waals surface area (Å²) in [6.07, 6.45) is 3.77. The van der Waals surface area contributed by atoms with Crippen LogP contribution < -0.4 is 5.32 Å². The first-order chi connectivity index (χ1) is 9.24. The van der Waals surface area contributed by atoms with Gasteiger partial charge in [0.25, 0.3) is 0 Å². The number of likely N-dealkylation sites (tertiary alicyclic amines) is 1. The first-order valence-corrected chi connectivity index (χ1v) is 8.04. The van der Waals surface area contributed by atoms with Crippen LogP contribution >= 0.6 is 15.9 Å². The topological polar surface area (TPSA) is 41.0 Å². The zero-order valence-electron chi connectivity index (χ0n) is 11.4. The molecule has 1 saturated carbocycles. The lowest BCUT2D eigenvalue weighted by Gasteiger charge is -2.14. The summed E-state index contributed by atoms with van der Waals surface area (Å²) < 4.78 is 0.897. The Labute approximate surface area is 123 Å². The smallest absolute Gasteiger partial charge is 0.135 e. The monoisotopic (exact) mass is 324 g/mol. The molecule has 0 spiro atoms. The molecule has 1 saturated heterocycles. The van der Waals surface area contributed by atoms with Gasteiger partial charge in [-0.25, -0.2) is 9.97 Å². The van der Waals surface area contributed by atoms with Gasteiger partial charge < -0.3 is 10.2 Å². The summed E-state index contributed by atoms with van der Waals surface area (Å²) in [5, 5.41) is 3.49. The highest BCUT2D eigenvalue weighted by atomic mass is 79.9. The third kappa shape index (κ3) is 3.45. The van der Waals surface area contributed by atoms with Crippen LogP contribution in [0.5, 0.6) is 0 Å². The third-order valence-electron chi connectivity index (χ3n) is 4.04. The van der Waals surface area contributed by atoms with Crippen molar-refractivity contribution >= 4 is 21.7 Å². The zero-order chi connectivity index (χ0) is 13.2. The van der Waals surface area contributed by atoms with Gasteiger partial charge in [0.2, 0.25) is 0 Å². The summed E-state index contributed by atoms with van der Waals surface area (Å²) in [4.78, 5) is 11.6. The summed E-state index contributed by atoms with van der Waals surface area (Å²) in [6, 6.07) is 1.98. The molecule has 1 aliphatic carbocycles. The van der Waals surface area contributed by atoms with E-state index in [1.54, 1.807) is 0 Å². The van der Waals surface area contributed by atoms with E-state index in [-0.39, 0.29) is 0 Å². The first-order valence-electron chi connectivity index (χ1n) is 7.25. The number of nitrogens with zero attached hydrogens (tertiary/aromatic N) is 3. The van der Waals surface area contributed by atoms with E-state index in [0.29, 0.717) is 5.92 Å². The fourth-order valence-electron chi connectivity index (χ4n) is 2.67. The number of hydrogen-bond donors (Lipinski definition) is 1. The molecule has 19 heavy (non-hydrogen) atoms. The quantitative estimate of drug-likeness (QED) is 0.845. The highest BCUT2D eigenvalue weighted by Gasteiger charge is 2.27. The summed E-state index contributed by atoms with van der Waals surface area (Å²) in [5.74, 6) is 3.32. The maximum atomic E-state index is 4.63. The van der Waals surface area contributed by atoms with Crippen molar-refractivity contribution in [3.05, 3.63) is 16.5 Å². The predicted octanol–water partition coefficient (Wildman–Crippen LogP) is 2.87. The van der Waals surface area contributed by atoms with Gasteiger partial charge in [-0.1, -0.05) is 6.92 Å². The minimum atomic E-state index is 0.597. The van der Waals surface area contributed by atoms with E-state index in [4.69, 9.17) is 0 Å². The minimum Gasteiger partial charge on any atom is -0.370 e. The van der Waals surface area contributed by atoms with E-state index >= 15 is 0 Å². The molecule has 1 aromatic heterocycles. The largest absolute Gasteiger partial charge is 0.370 e. The molecule has 104 valence electrons. The van der Waals surface area contributed by atoms with E-state index in [0.717, 1.165) is 28.7 Å². The van der Waals surface area contributed by atoms with Gasteiger partial charge in [-0.3, -0.25) is 0 Å². The molecule has 5 heteroatoms. The van der Waals surface area contributed by atoms with Crippen molar-refractivity contribution in [2.45, 2.75) is 32.1 Å². The standard InChI is InChI=1S/C14H21BrN4/c1-2-19-6-5-10(9-19)8-16-13-7-12(15)17-14(18-13)11-3-4-11/h7,10-11H,2-6,8-9H2,1H3,(H,16,17,18). The van der Waals surface area contributed by atoms with E-state index in [1.165, 1.54) is 38.9 Å².